The van der Waals surface area contributed by atoms with Crippen LogP contribution in [0.25, 0.3) is 11.5 Å². The summed E-state index contributed by atoms with van der Waals surface area (Å²) in [5, 5.41) is 4.02. The second-order valence-corrected chi connectivity index (χ2v) is 6.78. The third-order valence-corrected chi connectivity index (χ3v) is 4.58. The lowest BCUT2D eigenvalue weighted by molar-refractivity contribution is -0.128. The van der Waals surface area contributed by atoms with Gasteiger partial charge in [-0.1, -0.05) is 22.9 Å². The summed E-state index contributed by atoms with van der Waals surface area (Å²) in [6.45, 7) is 2.50. The van der Waals surface area contributed by atoms with E-state index in [1.165, 1.54) is 12.1 Å². The summed E-state index contributed by atoms with van der Waals surface area (Å²) in [7, 11) is 0. The van der Waals surface area contributed by atoms with Gasteiger partial charge in [-0.2, -0.15) is 4.98 Å². The van der Waals surface area contributed by atoms with Crippen molar-refractivity contribution in [3.05, 3.63) is 71.1 Å². The van der Waals surface area contributed by atoms with Gasteiger partial charge in [-0.3, -0.25) is 4.79 Å². The van der Waals surface area contributed by atoms with Gasteiger partial charge in [0.05, 0.1) is 0 Å². The summed E-state index contributed by atoms with van der Waals surface area (Å²) < 4.78 is 32.1. The molecule has 1 aromatic heterocycles. The van der Waals surface area contributed by atoms with E-state index in [9.17, 15) is 13.6 Å². The van der Waals surface area contributed by atoms with Crippen LogP contribution in [0.1, 0.15) is 29.3 Å². The van der Waals surface area contributed by atoms with E-state index in [-0.39, 0.29) is 24.8 Å². The fourth-order valence-corrected chi connectivity index (χ4v) is 3.32. The monoisotopic (exact) mass is 369 g/mol. The van der Waals surface area contributed by atoms with Crippen LogP contribution >= 0.6 is 0 Å². The summed E-state index contributed by atoms with van der Waals surface area (Å²) >= 11 is 0. The van der Waals surface area contributed by atoms with Crippen LogP contribution in [0.3, 0.4) is 0 Å². The minimum Gasteiger partial charge on any atom is -0.338 e. The largest absolute Gasteiger partial charge is 0.338 e. The molecule has 1 amide bonds. The van der Waals surface area contributed by atoms with Crippen molar-refractivity contribution in [3.63, 3.8) is 0 Å². The molecule has 5 nitrogen and oxygen atoms in total. The molecular weight excluding hydrogens is 352 g/mol. The molecule has 0 radical (unpaired) electrons. The maximum absolute atomic E-state index is 13.4. The molecule has 1 saturated heterocycles. The van der Waals surface area contributed by atoms with Crippen molar-refractivity contribution in [2.45, 2.75) is 25.8 Å². The molecule has 27 heavy (non-hydrogen) atoms. The van der Waals surface area contributed by atoms with Gasteiger partial charge in [0, 0.05) is 37.1 Å². The third-order valence-electron chi connectivity index (χ3n) is 4.58. The first-order valence-electron chi connectivity index (χ1n) is 8.61. The van der Waals surface area contributed by atoms with Gasteiger partial charge in [-0.05, 0) is 36.8 Å². The van der Waals surface area contributed by atoms with Crippen LogP contribution < -0.4 is 0 Å². The van der Waals surface area contributed by atoms with Crippen molar-refractivity contribution in [2.24, 2.45) is 0 Å². The van der Waals surface area contributed by atoms with E-state index in [2.05, 4.69) is 10.1 Å². The number of aromatic nitrogens is 2. The molecule has 0 spiro atoms. The molecule has 1 atom stereocenters. The van der Waals surface area contributed by atoms with Crippen molar-refractivity contribution in [3.8, 4) is 11.5 Å². The molecule has 1 unspecified atom stereocenters. The molecule has 1 aliphatic rings. The van der Waals surface area contributed by atoms with E-state index in [4.69, 9.17) is 4.52 Å². The van der Waals surface area contributed by atoms with Crippen LogP contribution in [0.4, 0.5) is 8.78 Å². The Bertz CT molecular complexity index is 982. The van der Waals surface area contributed by atoms with E-state index in [1.807, 2.05) is 31.2 Å². The standard InChI is InChI=1S/C20H17F2N3O2/c1-12-3-2-4-14(5-12)20-23-19(24-27-20)15-8-18(26)25(11-15)10-13-6-16(21)9-17(22)7-13/h2-7,9,15H,8,10-11H2,1H3. The maximum atomic E-state index is 13.4. The smallest absolute Gasteiger partial charge is 0.257 e. The van der Waals surface area contributed by atoms with Gasteiger partial charge in [0.15, 0.2) is 5.82 Å². The number of amides is 1. The number of carbonyl (C=O) groups is 1. The van der Waals surface area contributed by atoms with E-state index < -0.39 is 11.6 Å². The van der Waals surface area contributed by atoms with Crippen molar-refractivity contribution in [1.29, 1.82) is 0 Å². The van der Waals surface area contributed by atoms with Crippen LogP contribution in [-0.4, -0.2) is 27.5 Å². The molecule has 0 aliphatic carbocycles. The molecule has 4 rings (SSSR count). The van der Waals surface area contributed by atoms with E-state index in [0.29, 0.717) is 23.8 Å². The Morgan fingerprint density at radius 1 is 1.19 bits per heavy atom. The highest BCUT2D eigenvalue weighted by molar-refractivity contribution is 5.79. The molecular formula is C20H17F2N3O2. The molecule has 0 bridgehead atoms. The third kappa shape index (κ3) is 3.72. The fourth-order valence-electron chi connectivity index (χ4n) is 3.32. The molecule has 2 heterocycles. The summed E-state index contributed by atoms with van der Waals surface area (Å²) in [6.07, 6.45) is 0.241. The number of benzene rings is 2. The Kier molecular flexibility index (Phi) is 4.43. The predicted octanol–water partition coefficient (Wildman–Crippen LogP) is 3.84. The minimum atomic E-state index is -0.658. The maximum Gasteiger partial charge on any atom is 0.257 e. The molecule has 0 saturated carbocycles. The first-order chi connectivity index (χ1) is 13.0. The van der Waals surface area contributed by atoms with Gasteiger partial charge in [-0.15, -0.1) is 0 Å². The number of halogens is 2. The molecule has 2 aromatic carbocycles. The van der Waals surface area contributed by atoms with Gasteiger partial charge in [0.1, 0.15) is 11.6 Å². The number of likely N-dealkylation sites (tertiary alicyclic amines) is 1. The lowest BCUT2D eigenvalue weighted by Gasteiger charge is -2.16. The van der Waals surface area contributed by atoms with Gasteiger partial charge >= 0.3 is 0 Å². The van der Waals surface area contributed by atoms with Gasteiger partial charge < -0.3 is 9.42 Å². The first-order valence-corrected chi connectivity index (χ1v) is 8.61. The quantitative estimate of drug-likeness (QED) is 0.701. The van der Waals surface area contributed by atoms with Crippen LogP contribution in [0.2, 0.25) is 0 Å². The number of nitrogens with zero attached hydrogens (tertiary/aromatic N) is 3. The number of carbonyl (C=O) groups excluding carboxylic acids is 1. The van der Waals surface area contributed by atoms with Crippen molar-refractivity contribution in [2.75, 3.05) is 6.54 Å². The number of hydrogen-bond acceptors (Lipinski definition) is 4. The van der Waals surface area contributed by atoms with Crippen molar-refractivity contribution < 1.29 is 18.1 Å². The van der Waals surface area contributed by atoms with Gasteiger partial charge in [0.2, 0.25) is 5.91 Å². The summed E-state index contributed by atoms with van der Waals surface area (Å²) in [5.74, 6) is -0.757. The number of rotatable bonds is 4. The van der Waals surface area contributed by atoms with Gasteiger partial charge in [-0.25, -0.2) is 8.78 Å². The van der Waals surface area contributed by atoms with Crippen LogP contribution in [-0.2, 0) is 11.3 Å². The van der Waals surface area contributed by atoms with E-state index in [1.54, 1.807) is 4.90 Å². The fraction of sp³-hybridized carbons (Fsp3) is 0.250. The van der Waals surface area contributed by atoms with Crippen LogP contribution in [0.15, 0.2) is 47.0 Å². The molecule has 3 aromatic rings. The first kappa shape index (κ1) is 17.3. The number of hydrogen-bond donors (Lipinski definition) is 0. The van der Waals surface area contributed by atoms with E-state index in [0.717, 1.165) is 17.2 Å². The Morgan fingerprint density at radius 2 is 1.96 bits per heavy atom. The van der Waals surface area contributed by atoms with E-state index >= 15 is 0 Å². The number of aryl methyl sites for hydroxylation is 1. The Balaban J connectivity index is 1.49. The van der Waals surface area contributed by atoms with Crippen molar-refractivity contribution >= 4 is 5.91 Å². The zero-order valence-electron chi connectivity index (χ0n) is 14.7. The highest BCUT2D eigenvalue weighted by Gasteiger charge is 2.33. The molecule has 138 valence electrons. The zero-order valence-corrected chi connectivity index (χ0v) is 14.7. The summed E-state index contributed by atoms with van der Waals surface area (Å²) in [6, 6.07) is 11.0. The van der Waals surface area contributed by atoms with Crippen molar-refractivity contribution in [1.82, 2.24) is 15.0 Å². The molecule has 0 N–H and O–H groups in total. The highest BCUT2D eigenvalue weighted by Crippen LogP contribution is 2.29. The van der Waals surface area contributed by atoms with Crippen LogP contribution in [0, 0.1) is 18.6 Å². The lowest BCUT2D eigenvalue weighted by Crippen LogP contribution is -2.24. The lowest BCUT2D eigenvalue weighted by atomic mass is 10.1. The van der Waals surface area contributed by atoms with Crippen LogP contribution in [0.5, 0.6) is 0 Å². The summed E-state index contributed by atoms with van der Waals surface area (Å²) in [4.78, 5) is 18.3. The molecule has 1 fully saturated rings. The average molecular weight is 369 g/mol. The second-order valence-electron chi connectivity index (χ2n) is 6.78. The van der Waals surface area contributed by atoms with Gasteiger partial charge in [0.25, 0.3) is 5.89 Å². The summed E-state index contributed by atoms with van der Waals surface area (Å²) in [5.41, 5.74) is 2.32. The highest BCUT2D eigenvalue weighted by atomic mass is 19.1. The molecule has 1 aliphatic heterocycles. The Morgan fingerprint density at radius 3 is 2.70 bits per heavy atom. The zero-order chi connectivity index (χ0) is 19.0. The minimum absolute atomic E-state index is 0.105. The topological polar surface area (TPSA) is 59.2 Å². The average Bonchev–Trinajstić information content (AvgIpc) is 3.22. The SMILES string of the molecule is Cc1cccc(-c2nc(C3CC(=O)N(Cc4cc(F)cc(F)c4)C3)no2)c1. The molecule has 7 heteroatoms. The Labute approximate surface area is 154 Å². The second kappa shape index (κ2) is 6.90. The normalized spacial score (nSPS) is 16.9. The predicted molar refractivity (Wildman–Crippen MR) is 93.6 cm³/mol. The Hall–Kier alpha value is -3.09.